The van der Waals surface area contributed by atoms with Crippen LogP contribution in [-0.4, -0.2) is 34.8 Å². The van der Waals surface area contributed by atoms with Crippen molar-refractivity contribution < 1.29 is 10.0 Å². The second-order valence-corrected chi connectivity index (χ2v) is 4.36. The minimum atomic E-state index is 0.0504. The maximum absolute atomic E-state index is 12.2. The van der Waals surface area contributed by atoms with Crippen LogP contribution in [-0.2, 0) is 0 Å². The Morgan fingerprint density at radius 2 is 2.12 bits per heavy atom. The topological polar surface area (TPSA) is 52.9 Å². The zero-order chi connectivity index (χ0) is 12.3. The van der Waals surface area contributed by atoms with Gasteiger partial charge in [0.15, 0.2) is 0 Å². The highest BCUT2D eigenvalue weighted by molar-refractivity contribution is 5.96. The van der Waals surface area contributed by atoms with Crippen molar-refractivity contribution in [3.63, 3.8) is 0 Å². The SMILES string of the molecule is C[C@H]1CN(C(=O)c2ccccc2)CC/C1=N/O. The molecule has 4 nitrogen and oxygen atoms in total. The van der Waals surface area contributed by atoms with E-state index in [1.54, 1.807) is 0 Å². The molecule has 4 heteroatoms. The largest absolute Gasteiger partial charge is 0.411 e. The third-order valence-electron chi connectivity index (χ3n) is 3.14. The number of piperidine rings is 1. The fourth-order valence-electron chi connectivity index (χ4n) is 2.12. The number of nitrogens with zero attached hydrogens (tertiary/aromatic N) is 2. The van der Waals surface area contributed by atoms with E-state index >= 15 is 0 Å². The van der Waals surface area contributed by atoms with Gasteiger partial charge in [-0.3, -0.25) is 4.79 Å². The quantitative estimate of drug-likeness (QED) is 0.594. The van der Waals surface area contributed by atoms with Gasteiger partial charge in [-0.15, -0.1) is 0 Å². The Balaban J connectivity index is 2.08. The Morgan fingerprint density at radius 1 is 1.41 bits per heavy atom. The fraction of sp³-hybridized carbons (Fsp3) is 0.385. The number of benzene rings is 1. The van der Waals surface area contributed by atoms with Crippen LogP contribution in [0.3, 0.4) is 0 Å². The molecule has 1 amide bonds. The van der Waals surface area contributed by atoms with E-state index in [2.05, 4.69) is 5.16 Å². The second kappa shape index (κ2) is 4.99. The molecule has 1 heterocycles. The molecular weight excluding hydrogens is 216 g/mol. The highest BCUT2D eigenvalue weighted by Gasteiger charge is 2.26. The molecule has 1 atom stereocenters. The van der Waals surface area contributed by atoms with Gasteiger partial charge >= 0.3 is 0 Å². The van der Waals surface area contributed by atoms with Crippen LogP contribution >= 0.6 is 0 Å². The first-order chi connectivity index (χ1) is 8.22. The van der Waals surface area contributed by atoms with Crippen LogP contribution in [0, 0.1) is 5.92 Å². The van der Waals surface area contributed by atoms with Crippen LogP contribution in [0.5, 0.6) is 0 Å². The number of rotatable bonds is 1. The molecule has 0 bridgehead atoms. The van der Waals surface area contributed by atoms with Gasteiger partial charge in [0.2, 0.25) is 0 Å². The molecule has 1 aromatic carbocycles. The van der Waals surface area contributed by atoms with Crippen LogP contribution in [0.4, 0.5) is 0 Å². The number of hydrogen-bond acceptors (Lipinski definition) is 3. The minimum absolute atomic E-state index is 0.0504. The third-order valence-corrected chi connectivity index (χ3v) is 3.14. The van der Waals surface area contributed by atoms with E-state index in [1.165, 1.54) is 0 Å². The van der Waals surface area contributed by atoms with Crippen molar-refractivity contribution >= 4 is 11.6 Å². The van der Waals surface area contributed by atoms with Crippen LogP contribution in [0.15, 0.2) is 35.5 Å². The summed E-state index contributed by atoms with van der Waals surface area (Å²) in [6, 6.07) is 9.26. The van der Waals surface area contributed by atoms with E-state index in [0.717, 1.165) is 5.71 Å². The molecule has 0 unspecified atom stereocenters. The normalized spacial score (nSPS) is 22.8. The number of likely N-dealkylation sites (tertiary alicyclic amines) is 1. The lowest BCUT2D eigenvalue weighted by Gasteiger charge is -2.31. The van der Waals surface area contributed by atoms with Gasteiger partial charge in [0.05, 0.1) is 5.71 Å². The minimum Gasteiger partial charge on any atom is -0.411 e. The highest BCUT2D eigenvalue weighted by Crippen LogP contribution is 2.16. The van der Waals surface area contributed by atoms with Crippen LogP contribution in [0.25, 0.3) is 0 Å². The Morgan fingerprint density at radius 3 is 2.71 bits per heavy atom. The van der Waals surface area contributed by atoms with Gasteiger partial charge in [-0.05, 0) is 12.1 Å². The van der Waals surface area contributed by atoms with E-state index in [0.29, 0.717) is 25.1 Å². The summed E-state index contributed by atoms with van der Waals surface area (Å²) in [4.78, 5) is 14.0. The van der Waals surface area contributed by atoms with Gasteiger partial charge < -0.3 is 10.1 Å². The molecule has 2 rings (SSSR count). The molecule has 0 spiro atoms. The molecule has 0 saturated carbocycles. The summed E-state index contributed by atoms with van der Waals surface area (Å²) in [5.41, 5.74) is 1.49. The van der Waals surface area contributed by atoms with E-state index in [-0.39, 0.29) is 11.8 Å². The lowest BCUT2D eigenvalue weighted by Crippen LogP contribution is -2.43. The van der Waals surface area contributed by atoms with Crippen molar-refractivity contribution in [1.29, 1.82) is 0 Å². The van der Waals surface area contributed by atoms with Gasteiger partial charge in [0.25, 0.3) is 5.91 Å². The van der Waals surface area contributed by atoms with Crippen LogP contribution in [0.1, 0.15) is 23.7 Å². The maximum atomic E-state index is 12.2. The Labute approximate surface area is 101 Å². The average Bonchev–Trinajstić information content (AvgIpc) is 2.39. The molecule has 90 valence electrons. The van der Waals surface area contributed by atoms with E-state index in [1.807, 2.05) is 42.2 Å². The molecule has 0 radical (unpaired) electrons. The summed E-state index contributed by atoms with van der Waals surface area (Å²) in [6.07, 6.45) is 0.649. The first-order valence-electron chi connectivity index (χ1n) is 5.77. The number of carbonyl (C=O) groups is 1. The van der Waals surface area contributed by atoms with Crippen molar-refractivity contribution in [2.45, 2.75) is 13.3 Å². The van der Waals surface area contributed by atoms with Crippen molar-refractivity contribution in [3.8, 4) is 0 Å². The standard InChI is InChI=1S/C13H16N2O2/c1-10-9-15(8-7-12(10)14-17)13(16)11-5-3-2-4-6-11/h2-6,10,17H,7-9H2,1H3/b14-12-/t10-/m0/s1. The monoisotopic (exact) mass is 232 g/mol. The molecule has 1 saturated heterocycles. The molecule has 1 N–H and O–H groups in total. The molecule has 0 aliphatic carbocycles. The maximum Gasteiger partial charge on any atom is 0.253 e. The lowest BCUT2D eigenvalue weighted by molar-refractivity contribution is 0.0734. The van der Waals surface area contributed by atoms with Gasteiger partial charge in [-0.1, -0.05) is 30.3 Å². The fourth-order valence-corrected chi connectivity index (χ4v) is 2.12. The second-order valence-electron chi connectivity index (χ2n) is 4.36. The summed E-state index contributed by atoms with van der Waals surface area (Å²) < 4.78 is 0. The van der Waals surface area contributed by atoms with Crippen molar-refractivity contribution in [2.75, 3.05) is 13.1 Å². The van der Waals surface area contributed by atoms with Crippen LogP contribution in [0.2, 0.25) is 0 Å². The molecule has 1 fully saturated rings. The first kappa shape index (κ1) is 11.6. The van der Waals surface area contributed by atoms with Crippen molar-refractivity contribution in [2.24, 2.45) is 11.1 Å². The van der Waals surface area contributed by atoms with Crippen LogP contribution < -0.4 is 0 Å². The zero-order valence-electron chi connectivity index (χ0n) is 9.84. The summed E-state index contributed by atoms with van der Waals surface area (Å²) in [5.74, 6) is 0.177. The van der Waals surface area contributed by atoms with Gasteiger partial charge in [0.1, 0.15) is 0 Å². The van der Waals surface area contributed by atoms with Gasteiger partial charge in [-0.2, -0.15) is 0 Å². The summed E-state index contributed by atoms with van der Waals surface area (Å²) in [5, 5.41) is 12.1. The van der Waals surface area contributed by atoms with E-state index in [4.69, 9.17) is 5.21 Å². The molecular formula is C13H16N2O2. The summed E-state index contributed by atoms with van der Waals surface area (Å²) >= 11 is 0. The van der Waals surface area contributed by atoms with E-state index in [9.17, 15) is 4.79 Å². The first-order valence-corrected chi connectivity index (χ1v) is 5.77. The number of oxime groups is 1. The zero-order valence-corrected chi connectivity index (χ0v) is 9.84. The van der Waals surface area contributed by atoms with E-state index < -0.39 is 0 Å². The summed E-state index contributed by atoms with van der Waals surface area (Å²) in [7, 11) is 0. The Hall–Kier alpha value is -1.84. The summed E-state index contributed by atoms with van der Waals surface area (Å²) in [6.45, 7) is 3.21. The predicted octanol–water partition coefficient (Wildman–Crippen LogP) is 2.00. The lowest BCUT2D eigenvalue weighted by atomic mass is 9.97. The molecule has 0 aromatic heterocycles. The smallest absolute Gasteiger partial charge is 0.253 e. The molecule has 1 aliphatic rings. The predicted molar refractivity (Wildman–Crippen MR) is 65.3 cm³/mol. The molecule has 17 heavy (non-hydrogen) atoms. The van der Waals surface area contributed by atoms with Crippen molar-refractivity contribution in [1.82, 2.24) is 4.90 Å². The third kappa shape index (κ3) is 2.46. The molecule has 1 aliphatic heterocycles. The number of amides is 1. The van der Waals surface area contributed by atoms with Gasteiger partial charge in [-0.25, -0.2) is 0 Å². The number of hydrogen-bond donors (Lipinski definition) is 1. The average molecular weight is 232 g/mol. The Bertz CT molecular complexity index is 428. The molecule has 1 aromatic rings. The highest BCUT2D eigenvalue weighted by atomic mass is 16.4. The number of carbonyl (C=O) groups excluding carboxylic acids is 1. The van der Waals surface area contributed by atoms with Crippen molar-refractivity contribution in [3.05, 3.63) is 35.9 Å². The Kier molecular flexibility index (Phi) is 3.42. The van der Waals surface area contributed by atoms with Gasteiger partial charge in [0, 0.05) is 31.0 Å².